The van der Waals surface area contributed by atoms with Gasteiger partial charge >= 0.3 is 0 Å². The van der Waals surface area contributed by atoms with Crippen LogP contribution in [0.2, 0.25) is 0 Å². The van der Waals surface area contributed by atoms with Crippen LogP contribution >= 0.6 is 15.9 Å². The zero-order valence-corrected chi connectivity index (χ0v) is 11.2. The first kappa shape index (κ1) is 11.4. The van der Waals surface area contributed by atoms with Crippen LogP contribution in [-0.4, -0.2) is 24.3 Å². The van der Waals surface area contributed by atoms with E-state index < -0.39 is 0 Å². The molecule has 0 aromatic heterocycles. The van der Waals surface area contributed by atoms with Gasteiger partial charge in [-0.2, -0.15) is 0 Å². The lowest BCUT2D eigenvalue weighted by Gasteiger charge is -2.22. The summed E-state index contributed by atoms with van der Waals surface area (Å²) in [5.74, 6) is 1.08. The highest BCUT2D eigenvalue weighted by Crippen LogP contribution is 2.41. The van der Waals surface area contributed by atoms with E-state index in [4.69, 9.17) is 5.73 Å². The van der Waals surface area contributed by atoms with Crippen molar-refractivity contribution in [2.45, 2.75) is 18.9 Å². The van der Waals surface area contributed by atoms with Gasteiger partial charge in [0, 0.05) is 23.5 Å². The van der Waals surface area contributed by atoms with Crippen molar-refractivity contribution in [1.29, 1.82) is 0 Å². The standard InChI is InChI=1S/C13H17BrN2O/c14-9-2-3-11(15)12(5-9)16-6-8-1-4-13(17)10(8)7-16/h2-3,5,8,10,13,17H,1,4,6-7,15H2. The molecule has 3 N–H and O–H groups in total. The van der Waals surface area contributed by atoms with Crippen LogP contribution in [-0.2, 0) is 0 Å². The number of hydrogen-bond donors (Lipinski definition) is 2. The summed E-state index contributed by atoms with van der Waals surface area (Å²) >= 11 is 3.48. The number of hydrogen-bond acceptors (Lipinski definition) is 3. The number of rotatable bonds is 1. The lowest BCUT2D eigenvalue weighted by atomic mass is 10.00. The Bertz CT molecular complexity index is 437. The Morgan fingerprint density at radius 3 is 2.88 bits per heavy atom. The summed E-state index contributed by atoms with van der Waals surface area (Å²) in [5.41, 5.74) is 7.95. The predicted molar refractivity (Wildman–Crippen MR) is 73.0 cm³/mol. The molecule has 1 aromatic carbocycles. The third-order valence-corrected chi connectivity index (χ3v) is 4.65. The summed E-state index contributed by atoms with van der Waals surface area (Å²) in [6, 6.07) is 5.97. The molecule has 17 heavy (non-hydrogen) atoms. The molecule has 3 atom stereocenters. The molecule has 2 fully saturated rings. The first-order valence-electron chi connectivity index (χ1n) is 6.13. The molecule has 1 aliphatic heterocycles. The molecule has 0 bridgehead atoms. The minimum Gasteiger partial charge on any atom is -0.397 e. The van der Waals surface area contributed by atoms with Crippen LogP contribution in [0.15, 0.2) is 22.7 Å². The zero-order valence-electron chi connectivity index (χ0n) is 9.64. The summed E-state index contributed by atoms with van der Waals surface area (Å²) in [5, 5.41) is 9.92. The second-order valence-electron chi connectivity index (χ2n) is 5.18. The van der Waals surface area contributed by atoms with E-state index in [-0.39, 0.29) is 6.10 Å². The molecule has 1 saturated carbocycles. The average Bonchev–Trinajstić information content (AvgIpc) is 2.85. The Morgan fingerprint density at radius 2 is 2.12 bits per heavy atom. The third kappa shape index (κ3) is 1.93. The first-order chi connectivity index (χ1) is 8.15. The van der Waals surface area contributed by atoms with Gasteiger partial charge < -0.3 is 15.7 Å². The molecule has 1 aromatic rings. The van der Waals surface area contributed by atoms with Crippen molar-refractivity contribution >= 4 is 27.3 Å². The molecule has 3 nitrogen and oxygen atoms in total. The van der Waals surface area contributed by atoms with E-state index in [1.165, 1.54) is 0 Å². The molecule has 1 heterocycles. The second-order valence-corrected chi connectivity index (χ2v) is 6.09. The van der Waals surface area contributed by atoms with Crippen LogP contribution in [0, 0.1) is 11.8 Å². The fourth-order valence-electron chi connectivity index (χ4n) is 3.22. The van der Waals surface area contributed by atoms with Gasteiger partial charge in [-0.3, -0.25) is 0 Å². The van der Waals surface area contributed by atoms with Crippen molar-refractivity contribution in [3.63, 3.8) is 0 Å². The Balaban J connectivity index is 1.85. The van der Waals surface area contributed by atoms with Gasteiger partial charge in [-0.1, -0.05) is 15.9 Å². The van der Waals surface area contributed by atoms with E-state index in [9.17, 15) is 5.11 Å². The maximum Gasteiger partial charge on any atom is 0.0611 e. The Labute approximate surface area is 110 Å². The number of aliphatic hydroxyl groups excluding tert-OH is 1. The van der Waals surface area contributed by atoms with E-state index in [1.807, 2.05) is 12.1 Å². The highest BCUT2D eigenvalue weighted by Gasteiger charge is 2.42. The van der Waals surface area contributed by atoms with E-state index >= 15 is 0 Å². The van der Waals surface area contributed by atoms with Crippen LogP contribution in [0.4, 0.5) is 11.4 Å². The third-order valence-electron chi connectivity index (χ3n) is 4.15. The van der Waals surface area contributed by atoms with Gasteiger partial charge in [0.1, 0.15) is 0 Å². The second kappa shape index (κ2) is 4.18. The topological polar surface area (TPSA) is 49.5 Å². The number of benzene rings is 1. The molecular formula is C13H17BrN2O. The minimum atomic E-state index is -0.113. The van der Waals surface area contributed by atoms with Gasteiger partial charge in [0.15, 0.2) is 0 Å². The summed E-state index contributed by atoms with van der Waals surface area (Å²) in [6.07, 6.45) is 2.01. The maximum absolute atomic E-state index is 9.92. The van der Waals surface area contributed by atoms with Crippen LogP contribution in [0.3, 0.4) is 0 Å². The lowest BCUT2D eigenvalue weighted by Crippen LogP contribution is -2.25. The number of nitrogen functional groups attached to an aromatic ring is 1. The van der Waals surface area contributed by atoms with E-state index in [1.54, 1.807) is 0 Å². The van der Waals surface area contributed by atoms with Crippen LogP contribution in [0.1, 0.15) is 12.8 Å². The first-order valence-corrected chi connectivity index (χ1v) is 6.92. The fraction of sp³-hybridized carbons (Fsp3) is 0.538. The quantitative estimate of drug-likeness (QED) is 0.782. The molecular weight excluding hydrogens is 280 g/mol. The van der Waals surface area contributed by atoms with Crippen molar-refractivity contribution in [2.24, 2.45) is 11.8 Å². The fourth-order valence-corrected chi connectivity index (χ4v) is 3.57. The summed E-state index contributed by atoms with van der Waals surface area (Å²) in [7, 11) is 0. The molecule has 2 aliphatic rings. The minimum absolute atomic E-state index is 0.113. The molecule has 1 saturated heterocycles. The monoisotopic (exact) mass is 296 g/mol. The molecule has 92 valence electrons. The SMILES string of the molecule is Nc1ccc(Br)cc1N1CC2CCC(O)C2C1. The van der Waals surface area contributed by atoms with Gasteiger partial charge in [-0.25, -0.2) is 0 Å². The molecule has 0 spiro atoms. The van der Waals surface area contributed by atoms with Gasteiger partial charge in [-0.15, -0.1) is 0 Å². The van der Waals surface area contributed by atoms with Crippen molar-refractivity contribution < 1.29 is 5.11 Å². The van der Waals surface area contributed by atoms with E-state index in [0.717, 1.165) is 41.8 Å². The predicted octanol–water partition coefficient (Wildman–Crippen LogP) is 2.24. The van der Waals surface area contributed by atoms with Gasteiger partial charge in [-0.05, 0) is 37.0 Å². The molecule has 3 unspecified atom stereocenters. The normalized spacial score (nSPS) is 31.9. The maximum atomic E-state index is 9.92. The van der Waals surface area contributed by atoms with Gasteiger partial charge in [0.05, 0.1) is 17.5 Å². The largest absolute Gasteiger partial charge is 0.397 e. The van der Waals surface area contributed by atoms with Gasteiger partial charge in [0.2, 0.25) is 0 Å². The summed E-state index contributed by atoms with van der Waals surface area (Å²) < 4.78 is 1.05. The van der Waals surface area contributed by atoms with Crippen molar-refractivity contribution in [1.82, 2.24) is 0 Å². The van der Waals surface area contributed by atoms with Crippen molar-refractivity contribution in [3.8, 4) is 0 Å². The molecule has 0 amide bonds. The number of nitrogens with zero attached hydrogens (tertiary/aromatic N) is 1. The smallest absolute Gasteiger partial charge is 0.0611 e. The number of fused-ring (bicyclic) bond motifs is 1. The molecule has 0 radical (unpaired) electrons. The zero-order chi connectivity index (χ0) is 12.0. The van der Waals surface area contributed by atoms with E-state index in [2.05, 4.69) is 26.9 Å². The molecule has 1 aliphatic carbocycles. The summed E-state index contributed by atoms with van der Waals surface area (Å²) in [4.78, 5) is 2.32. The highest BCUT2D eigenvalue weighted by atomic mass is 79.9. The number of nitrogens with two attached hydrogens (primary N) is 1. The Kier molecular flexibility index (Phi) is 2.79. The summed E-state index contributed by atoms with van der Waals surface area (Å²) in [6.45, 7) is 1.97. The molecule has 4 heteroatoms. The number of aliphatic hydroxyl groups is 1. The molecule has 3 rings (SSSR count). The lowest BCUT2D eigenvalue weighted by molar-refractivity contribution is 0.133. The van der Waals surface area contributed by atoms with Crippen LogP contribution in [0.5, 0.6) is 0 Å². The van der Waals surface area contributed by atoms with Crippen LogP contribution < -0.4 is 10.6 Å². The number of anilines is 2. The van der Waals surface area contributed by atoms with Gasteiger partial charge in [0.25, 0.3) is 0 Å². The van der Waals surface area contributed by atoms with E-state index in [0.29, 0.717) is 11.8 Å². The average molecular weight is 297 g/mol. The van der Waals surface area contributed by atoms with Crippen molar-refractivity contribution in [3.05, 3.63) is 22.7 Å². The Morgan fingerprint density at radius 1 is 1.29 bits per heavy atom. The highest BCUT2D eigenvalue weighted by molar-refractivity contribution is 9.10. The van der Waals surface area contributed by atoms with Crippen LogP contribution in [0.25, 0.3) is 0 Å². The van der Waals surface area contributed by atoms with Crippen molar-refractivity contribution in [2.75, 3.05) is 23.7 Å². The number of halogens is 1. The Hall–Kier alpha value is -0.740.